The maximum atomic E-state index is 12.3. The highest BCUT2D eigenvalue weighted by Crippen LogP contribution is 2.34. The van der Waals surface area contributed by atoms with Gasteiger partial charge in [0.15, 0.2) is 0 Å². The summed E-state index contributed by atoms with van der Waals surface area (Å²) in [5.74, 6) is 0.834. The smallest absolute Gasteiger partial charge is 0.257 e. The summed E-state index contributed by atoms with van der Waals surface area (Å²) in [5, 5.41) is 6.74. The number of likely N-dealkylation sites (tertiary alicyclic amines) is 1. The van der Waals surface area contributed by atoms with E-state index in [-0.39, 0.29) is 5.91 Å². The zero-order chi connectivity index (χ0) is 13.3. The first-order chi connectivity index (χ1) is 8.39. The van der Waals surface area contributed by atoms with Crippen molar-refractivity contribution >= 4 is 5.91 Å². The van der Waals surface area contributed by atoms with E-state index in [4.69, 9.17) is 0 Å². The standard InChI is InChI=1S/C14H23N3O/c1-10-12(9-15-16-10)13(18)17-7-5-11(6-8-17)14(2,3)4/h9,11H,5-8H2,1-4H3,(H,15,16). The van der Waals surface area contributed by atoms with Gasteiger partial charge in [-0.1, -0.05) is 20.8 Å². The van der Waals surface area contributed by atoms with Crippen LogP contribution in [0.5, 0.6) is 0 Å². The monoisotopic (exact) mass is 249 g/mol. The lowest BCUT2D eigenvalue weighted by molar-refractivity contribution is 0.0608. The van der Waals surface area contributed by atoms with E-state index in [9.17, 15) is 4.79 Å². The highest BCUT2D eigenvalue weighted by molar-refractivity contribution is 5.95. The second-order valence-corrected chi connectivity index (χ2v) is 6.34. The average Bonchev–Trinajstić information content (AvgIpc) is 2.73. The topological polar surface area (TPSA) is 49.0 Å². The maximum Gasteiger partial charge on any atom is 0.257 e. The van der Waals surface area contributed by atoms with Gasteiger partial charge in [-0.15, -0.1) is 0 Å². The molecule has 100 valence electrons. The van der Waals surface area contributed by atoms with Crippen molar-refractivity contribution in [3.05, 3.63) is 17.5 Å². The molecule has 2 rings (SSSR count). The zero-order valence-electron chi connectivity index (χ0n) is 11.8. The third kappa shape index (κ3) is 2.57. The Morgan fingerprint density at radius 2 is 2.00 bits per heavy atom. The van der Waals surface area contributed by atoms with Crippen LogP contribution in [0.1, 0.15) is 49.7 Å². The summed E-state index contributed by atoms with van der Waals surface area (Å²) < 4.78 is 0. The van der Waals surface area contributed by atoms with Gasteiger partial charge in [-0.2, -0.15) is 5.10 Å². The van der Waals surface area contributed by atoms with Gasteiger partial charge in [0.05, 0.1) is 11.8 Å². The Morgan fingerprint density at radius 3 is 2.44 bits per heavy atom. The molecule has 0 unspecified atom stereocenters. The van der Waals surface area contributed by atoms with Gasteiger partial charge in [-0.05, 0) is 31.1 Å². The minimum absolute atomic E-state index is 0.119. The number of aromatic amines is 1. The van der Waals surface area contributed by atoms with Crippen LogP contribution in [0.3, 0.4) is 0 Å². The lowest BCUT2D eigenvalue weighted by atomic mass is 9.75. The van der Waals surface area contributed by atoms with Crippen LogP contribution in [0.4, 0.5) is 0 Å². The van der Waals surface area contributed by atoms with Crippen molar-refractivity contribution in [2.24, 2.45) is 11.3 Å². The Hall–Kier alpha value is -1.32. The molecule has 0 bridgehead atoms. The molecular weight excluding hydrogens is 226 g/mol. The number of rotatable bonds is 1. The molecule has 1 fully saturated rings. The van der Waals surface area contributed by atoms with Gasteiger partial charge in [0.2, 0.25) is 0 Å². The number of hydrogen-bond donors (Lipinski definition) is 1. The molecule has 0 radical (unpaired) electrons. The normalized spacial score (nSPS) is 18.1. The minimum Gasteiger partial charge on any atom is -0.339 e. The Bertz CT molecular complexity index is 422. The van der Waals surface area contributed by atoms with E-state index in [1.54, 1.807) is 6.20 Å². The number of amides is 1. The largest absolute Gasteiger partial charge is 0.339 e. The van der Waals surface area contributed by atoms with Crippen LogP contribution in [0.2, 0.25) is 0 Å². The first-order valence-electron chi connectivity index (χ1n) is 6.69. The van der Waals surface area contributed by atoms with Crippen LogP contribution in [-0.2, 0) is 0 Å². The molecule has 1 aliphatic rings. The molecule has 1 amide bonds. The number of carbonyl (C=O) groups is 1. The average molecular weight is 249 g/mol. The number of nitrogens with zero attached hydrogens (tertiary/aromatic N) is 2. The molecule has 0 aliphatic carbocycles. The van der Waals surface area contributed by atoms with Gasteiger partial charge < -0.3 is 4.90 Å². The Balaban J connectivity index is 1.99. The van der Waals surface area contributed by atoms with Crippen molar-refractivity contribution in [1.29, 1.82) is 0 Å². The summed E-state index contributed by atoms with van der Waals surface area (Å²) in [6, 6.07) is 0. The molecule has 1 saturated heterocycles. The second-order valence-electron chi connectivity index (χ2n) is 6.34. The maximum absolute atomic E-state index is 12.3. The molecule has 1 N–H and O–H groups in total. The van der Waals surface area contributed by atoms with E-state index in [2.05, 4.69) is 31.0 Å². The third-order valence-corrected chi connectivity index (χ3v) is 4.07. The van der Waals surface area contributed by atoms with Crippen molar-refractivity contribution in [2.45, 2.75) is 40.5 Å². The first kappa shape index (κ1) is 13.1. The number of nitrogens with one attached hydrogen (secondary N) is 1. The quantitative estimate of drug-likeness (QED) is 0.831. The number of hydrogen-bond acceptors (Lipinski definition) is 2. The number of piperidine rings is 1. The molecular formula is C14H23N3O. The van der Waals surface area contributed by atoms with E-state index in [0.29, 0.717) is 16.9 Å². The van der Waals surface area contributed by atoms with E-state index in [0.717, 1.165) is 31.6 Å². The van der Waals surface area contributed by atoms with Gasteiger partial charge in [0.1, 0.15) is 0 Å². The highest BCUT2D eigenvalue weighted by Gasteiger charge is 2.31. The minimum atomic E-state index is 0.119. The molecule has 2 heterocycles. The Labute approximate surface area is 109 Å². The number of aryl methyl sites for hydroxylation is 1. The van der Waals surface area contributed by atoms with Crippen LogP contribution < -0.4 is 0 Å². The molecule has 0 aromatic carbocycles. The molecule has 4 nitrogen and oxygen atoms in total. The SMILES string of the molecule is Cc1[nH]ncc1C(=O)N1CCC(C(C)(C)C)CC1. The fourth-order valence-corrected chi connectivity index (χ4v) is 2.69. The number of carbonyl (C=O) groups excluding carboxylic acids is 1. The highest BCUT2D eigenvalue weighted by atomic mass is 16.2. The molecule has 4 heteroatoms. The number of H-pyrrole nitrogens is 1. The van der Waals surface area contributed by atoms with Crippen molar-refractivity contribution in [3.8, 4) is 0 Å². The fourth-order valence-electron chi connectivity index (χ4n) is 2.69. The lowest BCUT2D eigenvalue weighted by Gasteiger charge is -2.38. The third-order valence-electron chi connectivity index (χ3n) is 4.07. The van der Waals surface area contributed by atoms with E-state index in [1.807, 2.05) is 11.8 Å². The lowest BCUT2D eigenvalue weighted by Crippen LogP contribution is -2.41. The van der Waals surface area contributed by atoms with Crippen LogP contribution in [-0.4, -0.2) is 34.1 Å². The van der Waals surface area contributed by atoms with Crippen LogP contribution in [0.25, 0.3) is 0 Å². The molecule has 18 heavy (non-hydrogen) atoms. The summed E-state index contributed by atoms with van der Waals surface area (Å²) in [5.41, 5.74) is 1.92. The molecule has 1 aliphatic heterocycles. The summed E-state index contributed by atoms with van der Waals surface area (Å²) in [6.07, 6.45) is 3.84. The molecule has 0 atom stereocenters. The summed E-state index contributed by atoms with van der Waals surface area (Å²) in [7, 11) is 0. The zero-order valence-corrected chi connectivity index (χ0v) is 11.8. The molecule has 1 aromatic heterocycles. The van der Waals surface area contributed by atoms with E-state index in [1.165, 1.54) is 0 Å². The van der Waals surface area contributed by atoms with Crippen LogP contribution >= 0.6 is 0 Å². The van der Waals surface area contributed by atoms with Crippen molar-refractivity contribution < 1.29 is 4.79 Å². The fraction of sp³-hybridized carbons (Fsp3) is 0.714. The van der Waals surface area contributed by atoms with Gasteiger partial charge >= 0.3 is 0 Å². The molecule has 0 spiro atoms. The van der Waals surface area contributed by atoms with Crippen LogP contribution in [0, 0.1) is 18.3 Å². The van der Waals surface area contributed by atoms with Crippen molar-refractivity contribution in [3.63, 3.8) is 0 Å². The van der Waals surface area contributed by atoms with Gasteiger partial charge in [0, 0.05) is 18.8 Å². The molecule has 0 saturated carbocycles. The Morgan fingerprint density at radius 1 is 1.39 bits per heavy atom. The van der Waals surface area contributed by atoms with Gasteiger partial charge in [-0.25, -0.2) is 0 Å². The van der Waals surface area contributed by atoms with E-state index < -0.39 is 0 Å². The van der Waals surface area contributed by atoms with E-state index >= 15 is 0 Å². The first-order valence-corrected chi connectivity index (χ1v) is 6.69. The number of aromatic nitrogens is 2. The van der Waals surface area contributed by atoms with Gasteiger partial charge in [-0.3, -0.25) is 9.89 Å². The van der Waals surface area contributed by atoms with Gasteiger partial charge in [0.25, 0.3) is 5.91 Å². The summed E-state index contributed by atoms with van der Waals surface area (Å²) in [4.78, 5) is 14.3. The second kappa shape index (κ2) is 4.75. The molecule has 1 aromatic rings. The summed E-state index contributed by atoms with van der Waals surface area (Å²) in [6.45, 7) is 10.5. The van der Waals surface area contributed by atoms with Crippen molar-refractivity contribution in [2.75, 3.05) is 13.1 Å². The predicted octanol–water partition coefficient (Wildman–Crippen LogP) is 2.62. The summed E-state index contributed by atoms with van der Waals surface area (Å²) >= 11 is 0. The predicted molar refractivity (Wildman–Crippen MR) is 71.4 cm³/mol. The Kier molecular flexibility index (Phi) is 3.46. The van der Waals surface area contributed by atoms with Crippen LogP contribution in [0.15, 0.2) is 6.20 Å². The van der Waals surface area contributed by atoms with Crippen molar-refractivity contribution in [1.82, 2.24) is 15.1 Å².